The van der Waals surface area contributed by atoms with Crippen molar-refractivity contribution in [2.45, 2.75) is 12.3 Å². The van der Waals surface area contributed by atoms with Crippen molar-refractivity contribution < 1.29 is 13.6 Å². The number of aromatic nitrogens is 1. The van der Waals surface area contributed by atoms with Crippen LogP contribution in [0.15, 0.2) is 34.9 Å². The van der Waals surface area contributed by atoms with Crippen molar-refractivity contribution in [1.29, 1.82) is 5.41 Å². The molecular formula is C14H13BrClN3O3S. The Bertz CT molecular complexity index is 854. The zero-order valence-corrected chi connectivity index (χ0v) is 14.9. The molecule has 23 heavy (non-hydrogen) atoms. The van der Waals surface area contributed by atoms with Crippen molar-refractivity contribution >= 4 is 44.5 Å². The minimum Gasteiger partial charge on any atom is -0.365 e. The van der Waals surface area contributed by atoms with Crippen LogP contribution in [0.4, 0.5) is 0 Å². The zero-order valence-electron chi connectivity index (χ0n) is 11.8. The molecule has 1 amide bonds. The summed E-state index contributed by atoms with van der Waals surface area (Å²) in [5.74, 6) is -0.767. The maximum absolute atomic E-state index is 11.4. The van der Waals surface area contributed by atoms with Gasteiger partial charge in [-0.2, -0.15) is 0 Å². The predicted molar refractivity (Wildman–Crippen MR) is 91.5 cm³/mol. The first-order valence-electron chi connectivity index (χ1n) is 6.37. The van der Waals surface area contributed by atoms with E-state index in [4.69, 9.17) is 27.3 Å². The Balaban J connectivity index is 2.51. The molecule has 1 heterocycles. The van der Waals surface area contributed by atoms with E-state index in [-0.39, 0.29) is 28.4 Å². The smallest absolute Gasteiger partial charge is 0.252 e. The van der Waals surface area contributed by atoms with Crippen LogP contribution in [0.3, 0.4) is 0 Å². The first-order valence-corrected chi connectivity index (χ1v) is 8.81. The molecule has 2 aromatic rings. The highest BCUT2D eigenvalue weighted by Crippen LogP contribution is 2.19. The van der Waals surface area contributed by atoms with Crippen LogP contribution in [-0.2, 0) is 23.4 Å². The van der Waals surface area contributed by atoms with Gasteiger partial charge in [0.1, 0.15) is 5.49 Å². The fraction of sp³-hybridized carbons (Fsp3) is 0.143. The number of hydrogen-bond acceptors (Lipinski definition) is 3. The second kappa shape index (κ2) is 7.39. The number of carbonyl (C=O) groups excluding carboxylic acids is 1. The van der Waals surface area contributed by atoms with Gasteiger partial charge in [0.2, 0.25) is 0 Å². The van der Waals surface area contributed by atoms with Crippen LogP contribution in [0, 0.1) is 5.41 Å². The van der Waals surface area contributed by atoms with Gasteiger partial charge in [0.25, 0.3) is 5.91 Å². The lowest BCUT2D eigenvalue weighted by molar-refractivity contribution is 0.0997. The van der Waals surface area contributed by atoms with Crippen LogP contribution in [-0.4, -0.2) is 19.2 Å². The lowest BCUT2D eigenvalue weighted by atomic mass is 10.1. The molecule has 0 spiro atoms. The van der Waals surface area contributed by atoms with Crippen LogP contribution in [0.2, 0.25) is 5.02 Å². The number of nitrogens with two attached hydrogens (primary N) is 1. The van der Waals surface area contributed by atoms with Gasteiger partial charge in [-0.3, -0.25) is 10.2 Å². The quantitative estimate of drug-likeness (QED) is 0.648. The summed E-state index contributed by atoms with van der Waals surface area (Å²) >= 11 is 7.35. The van der Waals surface area contributed by atoms with Crippen molar-refractivity contribution in [3.05, 3.63) is 62.1 Å². The van der Waals surface area contributed by atoms with E-state index in [9.17, 15) is 9.00 Å². The molecule has 1 unspecified atom stereocenters. The molecule has 9 heteroatoms. The van der Waals surface area contributed by atoms with E-state index in [1.54, 1.807) is 18.2 Å². The SMILES string of the molecule is N=c1c(C(N)=O)cc(Cl)cn1Cc1cc(Br)ccc1CS(=O)O. The third kappa shape index (κ3) is 4.51. The molecule has 1 aromatic carbocycles. The number of pyridine rings is 1. The summed E-state index contributed by atoms with van der Waals surface area (Å²) in [5, 5.41) is 8.35. The highest BCUT2D eigenvalue weighted by atomic mass is 79.9. The summed E-state index contributed by atoms with van der Waals surface area (Å²) in [6, 6.07) is 6.63. The monoisotopic (exact) mass is 417 g/mol. The molecule has 1 aromatic heterocycles. The maximum atomic E-state index is 11.4. The van der Waals surface area contributed by atoms with Gasteiger partial charge in [-0.15, -0.1) is 0 Å². The summed E-state index contributed by atoms with van der Waals surface area (Å²) in [6.45, 7) is 0.214. The molecule has 0 bridgehead atoms. The number of hydrogen-bond donors (Lipinski definition) is 3. The molecule has 6 nitrogen and oxygen atoms in total. The minimum absolute atomic E-state index is 0.0137. The average Bonchev–Trinajstić information content (AvgIpc) is 2.44. The zero-order chi connectivity index (χ0) is 17.1. The summed E-state index contributed by atoms with van der Waals surface area (Å²) in [6.07, 6.45) is 1.51. The fourth-order valence-electron chi connectivity index (χ4n) is 2.12. The molecule has 0 saturated carbocycles. The van der Waals surface area contributed by atoms with E-state index in [2.05, 4.69) is 15.9 Å². The number of amides is 1. The largest absolute Gasteiger partial charge is 0.365 e. The van der Waals surface area contributed by atoms with Gasteiger partial charge < -0.3 is 14.9 Å². The van der Waals surface area contributed by atoms with Crippen molar-refractivity contribution in [3.63, 3.8) is 0 Å². The molecule has 0 aliphatic heterocycles. The highest BCUT2D eigenvalue weighted by molar-refractivity contribution is 9.10. The molecule has 0 saturated heterocycles. The van der Waals surface area contributed by atoms with E-state index in [1.165, 1.54) is 16.8 Å². The molecule has 1 atom stereocenters. The molecule has 0 aliphatic carbocycles. The van der Waals surface area contributed by atoms with E-state index in [1.807, 2.05) is 0 Å². The molecule has 4 N–H and O–H groups in total. The summed E-state index contributed by atoms with van der Waals surface area (Å²) in [5.41, 5.74) is 6.60. The number of rotatable bonds is 5. The number of halogens is 2. The Morgan fingerprint density at radius 1 is 1.39 bits per heavy atom. The number of nitrogens with zero attached hydrogens (tertiary/aromatic N) is 1. The van der Waals surface area contributed by atoms with Crippen molar-refractivity contribution in [3.8, 4) is 0 Å². The second-order valence-electron chi connectivity index (χ2n) is 4.79. The number of carbonyl (C=O) groups is 1. The van der Waals surface area contributed by atoms with Crippen LogP contribution in [0.1, 0.15) is 21.5 Å². The summed E-state index contributed by atoms with van der Waals surface area (Å²) in [7, 11) is 0. The van der Waals surface area contributed by atoms with Gasteiger partial charge in [0, 0.05) is 17.2 Å². The average molecular weight is 419 g/mol. The Kier molecular flexibility index (Phi) is 5.74. The Morgan fingerprint density at radius 2 is 2.09 bits per heavy atom. The van der Waals surface area contributed by atoms with Gasteiger partial charge in [-0.25, -0.2) is 4.21 Å². The Labute approximate surface area is 148 Å². The standard InChI is InChI=1S/C14H13BrClN3O3S/c15-10-2-1-8(7-23(21)22)9(3-10)5-19-6-11(16)4-12(13(19)17)14(18)20/h1-4,6,17H,5,7H2,(H2,18,20)(H,21,22). The fourth-order valence-corrected chi connectivity index (χ4v) is 3.31. The molecule has 0 aliphatic rings. The third-order valence-corrected chi connectivity index (χ3v) is 4.42. The maximum Gasteiger partial charge on any atom is 0.252 e. The van der Waals surface area contributed by atoms with Crippen molar-refractivity contribution in [2.24, 2.45) is 5.73 Å². The summed E-state index contributed by atoms with van der Waals surface area (Å²) in [4.78, 5) is 11.4. The molecule has 0 fully saturated rings. The van der Waals surface area contributed by atoms with Crippen molar-refractivity contribution in [2.75, 3.05) is 0 Å². The molecule has 2 rings (SSSR count). The minimum atomic E-state index is -1.98. The van der Waals surface area contributed by atoms with Gasteiger partial charge >= 0.3 is 0 Å². The van der Waals surface area contributed by atoms with E-state index >= 15 is 0 Å². The van der Waals surface area contributed by atoms with E-state index in [0.717, 1.165) is 10.0 Å². The van der Waals surface area contributed by atoms with Crippen molar-refractivity contribution in [1.82, 2.24) is 4.57 Å². The Hall–Kier alpha value is -1.48. The molecule has 0 radical (unpaired) electrons. The van der Waals surface area contributed by atoms with E-state index < -0.39 is 17.0 Å². The molecule has 122 valence electrons. The van der Waals surface area contributed by atoms with Gasteiger partial charge in [0.05, 0.1) is 16.3 Å². The predicted octanol–water partition coefficient (Wildman–Crippen LogP) is 2.25. The first-order chi connectivity index (χ1) is 10.8. The second-order valence-corrected chi connectivity index (χ2v) is 7.08. The third-order valence-electron chi connectivity index (χ3n) is 3.16. The topological polar surface area (TPSA) is 109 Å². The van der Waals surface area contributed by atoms with Crippen LogP contribution < -0.4 is 11.2 Å². The highest BCUT2D eigenvalue weighted by Gasteiger charge is 2.11. The Morgan fingerprint density at radius 3 is 2.70 bits per heavy atom. The lowest BCUT2D eigenvalue weighted by Crippen LogP contribution is -2.30. The van der Waals surface area contributed by atoms with Gasteiger partial charge in [0.15, 0.2) is 11.1 Å². The molecular weight excluding hydrogens is 406 g/mol. The number of benzene rings is 1. The van der Waals surface area contributed by atoms with E-state index in [0.29, 0.717) is 5.56 Å². The van der Waals surface area contributed by atoms with Crippen LogP contribution in [0.5, 0.6) is 0 Å². The normalized spacial score (nSPS) is 12.1. The van der Waals surface area contributed by atoms with Gasteiger partial charge in [-0.1, -0.05) is 33.6 Å². The van der Waals surface area contributed by atoms with Crippen LogP contribution >= 0.6 is 27.5 Å². The summed E-state index contributed by atoms with van der Waals surface area (Å²) < 4.78 is 22.5. The van der Waals surface area contributed by atoms with Crippen LogP contribution in [0.25, 0.3) is 0 Å². The first kappa shape index (κ1) is 17.9. The number of nitrogens with one attached hydrogen (secondary N) is 1. The van der Waals surface area contributed by atoms with Gasteiger partial charge in [-0.05, 0) is 29.3 Å². The lowest BCUT2D eigenvalue weighted by Gasteiger charge is -2.13. The number of primary amides is 1.